The topological polar surface area (TPSA) is 90.5 Å². The normalized spacial score (nSPS) is 11.9. The van der Waals surface area contributed by atoms with Gasteiger partial charge in [0.2, 0.25) is 9.84 Å². The molecule has 2 aromatic carbocycles. The number of benzene rings is 2. The van der Waals surface area contributed by atoms with Crippen molar-refractivity contribution in [3.05, 3.63) is 59.7 Å². The van der Waals surface area contributed by atoms with Gasteiger partial charge in [-0.1, -0.05) is 41.1 Å². The lowest BCUT2D eigenvalue weighted by Gasteiger charge is -2.09. The molecule has 2 aromatic rings. The van der Waals surface area contributed by atoms with Crippen LogP contribution in [0.5, 0.6) is 0 Å². The van der Waals surface area contributed by atoms with Gasteiger partial charge in [0.1, 0.15) is 6.07 Å². The summed E-state index contributed by atoms with van der Waals surface area (Å²) < 4.78 is 25.3. The van der Waals surface area contributed by atoms with Crippen LogP contribution in [0.3, 0.4) is 0 Å². The molecule has 2 rings (SSSR count). The zero-order valence-electron chi connectivity index (χ0n) is 11.2. The van der Waals surface area contributed by atoms with Gasteiger partial charge in [0.15, 0.2) is 5.71 Å². The minimum absolute atomic E-state index is 0.0665. The third kappa shape index (κ3) is 2.78. The summed E-state index contributed by atoms with van der Waals surface area (Å²) in [6.07, 6.45) is 0. The highest BCUT2D eigenvalue weighted by molar-refractivity contribution is 7.91. The van der Waals surface area contributed by atoms with E-state index in [0.29, 0.717) is 0 Å². The van der Waals surface area contributed by atoms with Crippen molar-refractivity contribution in [2.24, 2.45) is 5.16 Å². The van der Waals surface area contributed by atoms with Crippen LogP contribution in [0.1, 0.15) is 11.1 Å². The van der Waals surface area contributed by atoms with Gasteiger partial charge in [0.25, 0.3) is 0 Å². The lowest BCUT2D eigenvalue weighted by atomic mass is 10.1. The summed E-state index contributed by atoms with van der Waals surface area (Å²) in [6, 6.07) is 14.0. The van der Waals surface area contributed by atoms with Gasteiger partial charge in [-0.15, -0.1) is 0 Å². The Hall–Kier alpha value is -2.65. The summed E-state index contributed by atoms with van der Waals surface area (Å²) in [6.45, 7) is 1.86. The first kappa shape index (κ1) is 14.8. The molecule has 0 atom stereocenters. The van der Waals surface area contributed by atoms with Crippen LogP contribution in [0.25, 0.3) is 0 Å². The zero-order valence-corrected chi connectivity index (χ0v) is 12.0. The molecule has 106 valence electrons. The monoisotopic (exact) mass is 300 g/mol. The molecule has 6 heteroatoms. The number of hydrogen-bond donors (Lipinski definition) is 1. The number of rotatable bonds is 3. The maximum Gasteiger partial charge on any atom is 0.207 e. The molecular formula is C15H12N2O3S. The average Bonchev–Trinajstić information content (AvgIpc) is 2.49. The number of aryl methyl sites for hydroxylation is 1. The van der Waals surface area contributed by atoms with Crippen LogP contribution < -0.4 is 0 Å². The van der Waals surface area contributed by atoms with Crippen LogP contribution in [0.2, 0.25) is 0 Å². The molecule has 0 radical (unpaired) electrons. The quantitative estimate of drug-likeness (QED) is 0.535. The Bertz CT molecular complexity index is 832. The molecule has 0 saturated heterocycles. The van der Waals surface area contributed by atoms with Crippen LogP contribution in [-0.4, -0.2) is 19.3 Å². The van der Waals surface area contributed by atoms with E-state index in [1.165, 1.54) is 24.3 Å². The van der Waals surface area contributed by atoms with E-state index in [9.17, 15) is 8.42 Å². The van der Waals surface area contributed by atoms with Crippen LogP contribution >= 0.6 is 0 Å². The number of sulfone groups is 1. The van der Waals surface area contributed by atoms with Crippen LogP contribution in [-0.2, 0) is 9.84 Å². The fraction of sp³-hybridized carbons (Fsp3) is 0.0667. The molecule has 0 aliphatic rings. The lowest BCUT2D eigenvalue weighted by molar-refractivity contribution is 0.320. The Kier molecular flexibility index (Phi) is 4.05. The lowest BCUT2D eigenvalue weighted by Crippen LogP contribution is -2.09. The molecule has 21 heavy (non-hydrogen) atoms. The van der Waals surface area contributed by atoms with Gasteiger partial charge in [-0.2, -0.15) is 5.26 Å². The van der Waals surface area contributed by atoms with Gasteiger partial charge < -0.3 is 5.21 Å². The first-order valence-corrected chi connectivity index (χ1v) is 7.52. The smallest absolute Gasteiger partial charge is 0.207 e. The molecule has 0 aliphatic heterocycles. The van der Waals surface area contributed by atoms with E-state index in [1.807, 2.05) is 6.92 Å². The highest BCUT2D eigenvalue weighted by Crippen LogP contribution is 2.24. The number of oxime groups is 1. The summed E-state index contributed by atoms with van der Waals surface area (Å²) in [5.41, 5.74) is 0.668. The van der Waals surface area contributed by atoms with E-state index >= 15 is 0 Å². The first-order chi connectivity index (χ1) is 10.0. The van der Waals surface area contributed by atoms with Gasteiger partial charge >= 0.3 is 0 Å². The second kappa shape index (κ2) is 5.77. The molecule has 0 heterocycles. The van der Waals surface area contributed by atoms with E-state index in [2.05, 4.69) is 5.16 Å². The highest BCUT2D eigenvalue weighted by atomic mass is 32.2. The Morgan fingerprint density at radius 3 is 2.33 bits per heavy atom. The van der Waals surface area contributed by atoms with Gasteiger partial charge in [-0.25, -0.2) is 8.42 Å². The van der Waals surface area contributed by atoms with Crippen LogP contribution in [0.4, 0.5) is 0 Å². The second-order valence-electron chi connectivity index (χ2n) is 4.37. The van der Waals surface area contributed by atoms with Gasteiger partial charge in [0, 0.05) is 5.56 Å². The van der Waals surface area contributed by atoms with E-state index in [1.54, 1.807) is 30.3 Å². The maximum atomic E-state index is 12.7. The number of hydrogen-bond acceptors (Lipinski definition) is 5. The Morgan fingerprint density at radius 1 is 1.14 bits per heavy atom. The standard InChI is InChI=1S/C15H12N2O3S/c1-11-6-8-12(9-7-11)21(19,20)15-5-3-2-4-13(15)14(10-16)17-18/h2-9,18H,1H3/b17-14-. The highest BCUT2D eigenvalue weighted by Gasteiger charge is 2.23. The second-order valence-corrected chi connectivity index (χ2v) is 6.29. The van der Waals surface area contributed by atoms with Crippen molar-refractivity contribution >= 4 is 15.5 Å². The van der Waals surface area contributed by atoms with E-state index in [0.717, 1.165) is 5.56 Å². The molecule has 0 saturated carbocycles. The van der Waals surface area contributed by atoms with E-state index in [-0.39, 0.29) is 21.1 Å². The minimum Gasteiger partial charge on any atom is -0.410 e. The first-order valence-electron chi connectivity index (χ1n) is 6.04. The maximum absolute atomic E-state index is 12.7. The van der Waals surface area contributed by atoms with Gasteiger partial charge in [-0.3, -0.25) is 0 Å². The molecule has 0 aliphatic carbocycles. The predicted octanol–water partition coefficient (Wildman–Crippen LogP) is 2.53. The zero-order chi connectivity index (χ0) is 15.5. The summed E-state index contributed by atoms with van der Waals surface area (Å²) in [5.74, 6) is 0. The molecule has 0 aromatic heterocycles. The van der Waals surface area contributed by atoms with Gasteiger partial charge in [0.05, 0.1) is 9.79 Å². The van der Waals surface area contributed by atoms with Gasteiger partial charge in [-0.05, 0) is 25.1 Å². The molecular weight excluding hydrogens is 288 g/mol. The van der Waals surface area contributed by atoms with E-state index < -0.39 is 9.84 Å². The molecule has 1 N–H and O–H groups in total. The SMILES string of the molecule is Cc1ccc(S(=O)(=O)c2ccccc2/C(C#N)=N\O)cc1. The number of nitriles is 1. The predicted molar refractivity (Wildman–Crippen MR) is 77.0 cm³/mol. The average molecular weight is 300 g/mol. The van der Waals surface area contributed by atoms with Crippen molar-refractivity contribution < 1.29 is 13.6 Å². The Balaban J connectivity index is 2.67. The fourth-order valence-electron chi connectivity index (χ4n) is 1.88. The molecule has 0 amide bonds. The fourth-order valence-corrected chi connectivity index (χ4v) is 3.34. The van der Waals surface area contributed by atoms with Crippen molar-refractivity contribution in [1.82, 2.24) is 0 Å². The van der Waals surface area contributed by atoms with Crippen molar-refractivity contribution in [2.45, 2.75) is 16.7 Å². The summed E-state index contributed by atoms with van der Waals surface area (Å²) in [7, 11) is -3.79. The summed E-state index contributed by atoms with van der Waals surface area (Å²) >= 11 is 0. The summed E-state index contributed by atoms with van der Waals surface area (Å²) in [5, 5.41) is 20.6. The van der Waals surface area contributed by atoms with Crippen molar-refractivity contribution in [3.63, 3.8) is 0 Å². The minimum atomic E-state index is -3.79. The summed E-state index contributed by atoms with van der Waals surface area (Å²) in [4.78, 5) is 0.0546. The van der Waals surface area contributed by atoms with Crippen LogP contribution in [0.15, 0.2) is 63.5 Å². The van der Waals surface area contributed by atoms with Crippen molar-refractivity contribution in [2.75, 3.05) is 0 Å². The molecule has 0 spiro atoms. The van der Waals surface area contributed by atoms with Crippen molar-refractivity contribution in [1.29, 1.82) is 5.26 Å². The Labute approximate surface area is 122 Å². The molecule has 5 nitrogen and oxygen atoms in total. The Morgan fingerprint density at radius 2 is 1.76 bits per heavy atom. The van der Waals surface area contributed by atoms with Crippen molar-refractivity contribution in [3.8, 4) is 6.07 Å². The molecule has 0 unspecified atom stereocenters. The third-order valence-electron chi connectivity index (χ3n) is 2.97. The third-order valence-corrected chi connectivity index (χ3v) is 4.80. The number of nitrogens with zero attached hydrogens (tertiary/aromatic N) is 2. The largest absolute Gasteiger partial charge is 0.410 e. The molecule has 0 bridgehead atoms. The van der Waals surface area contributed by atoms with Crippen LogP contribution in [0, 0.1) is 18.3 Å². The van der Waals surface area contributed by atoms with E-state index in [4.69, 9.17) is 10.5 Å². The molecule has 0 fully saturated rings.